The van der Waals surface area contributed by atoms with Gasteiger partial charge >= 0.3 is 0 Å². The molecule has 0 atom stereocenters. The molecule has 0 unspecified atom stereocenters. The molecule has 0 aliphatic carbocycles. The number of pyridine rings is 1. The lowest BCUT2D eigenvalue weighted by Crippen LogP contribution is -2.43. The van der Waals surface area contributed by atoms with Crippen LogP contribution in [0.5, 0.6) is 0 Å². The van der Waals surface area contributed by atoms with Gasteiger partial charge in [0, 0.05) is 45.1 Å². The van der Waals surface area contributed by atoms with E-state index < -0.39 is 0 Å². The van der Waals surface area contributed by atoms with Crippen molar-refractivity contribution in [1.82, 2.24) is 19.9 Å². The van der Waals surface area contributed by atoms with Gasteiger partial charge in [-0.2, -0.15) is 0 Å². The standard InChI is InChI=1S/C16H20FN5/c1-21(16-2-5-18-12-20-16)15-3-6-22(7-4-15)11-13-8-14(17)10-19-9-13/h2,5,8-10,12,15H,3-4,6-7,11H2,1H3. The fourth-order valence-electron chi connectivity index (χ4n) is 2.94. The maximum Gasteiger partial charge on any atom is 0.141 e. The summed E-state index contributed by atoms with van der Waals surface area (Å²) in [7, 11) is 2.08. The van der Waals surface area contributed by atoms with Crippen LogP contribution in [0, 0.1) is 5.82 Å². The SMILES string of the molecule is CN(c1ccncn1)C1CCN(Cc2cncc(F)c2)CC1. The second-order valence-corrected chi connectivity index (χ2v) is 5.70. The van der Waals surface area contributed by atoms with Gasteiger partial charge in [0.25, 0.3) is 0 Å². The Kier molecular flexibility index (Phi) is 4.58. The van der Waals surface area contributed by atoms with Gasteiger partial charge in [0.1, 0.15) is 18.0 Å². The summed E-state index contributed by atoms with van der Waals surface area (Å²) in [5, 5.41) is 0. The molecule has 116 valence electrons. The first-order valence-corrected chi connectivity index (χ1v) is 7.53. The molecule has 0 bridgehead atoms. The average molecular weight is 301 g/mol. The van der Waals surface area contributed by atoms with Gasteiger partial charge in [-0.1, -0.05) is 0 Å². The monoisotopic (exact) mass is 301 g/mol. The summed E-state index contributed by atoms with van der Waals surface area (Å²) < 4.78 is 13.2. The number of rotatable bonds is 4. The van der Waals surface area contributed by atoms with Gasteiger partial charge in [0.2, 0.25) is 0 Å². The molecule has 22 heavy (non-hydrogen) atoms. The number of halogens is 1. The lowest BCUT2D eigenvalue weighted by molar-refractivity contribution is 0.203. The quantitative estimate of drug-likeness (QED) is 0.865. The van der Waals surface area contributed by atoms with Crippen molar-refractivity contribution in [2.45, 2.75) is 25.4 Å². The van der Waals surface area contributed by atoms with Crippen LogP contribution in [0.1, 0.15) is 18.4 Å². The van der Waals surface area contributed by atoms with Crippen LogP contribution < -0.4 is 4.90 Å². The van der Waals surface area contributed by atoms with Crippen LogP contribution in [-0.2, 0) is 6.54 Å². The normalized spacial score (nSPS) is 16.6. The largest absolute Gasteiger partial charge is 0.356 e. The molecule has 3 rings (SSSR count). The maximum absolute atomic E-state index is 13.2. The van der Waals surface area contributed by atoms with E-state index in [4.69, 9.17) is 0 Å². The summed E-state index contributed by atoms with van der Waals surface area (Å²) in [6.45, 7) is 2.75. The van der Waals surface area contributed by atoms with Gasteiger partial charge in [-0.05, 0) is 30.5 Å². The summed E-state index contributed by atoms with van der Waals surface area (Å²) in [5.74, 6) is 0.693. The summed E-state index contributed by atoms with van der Waals surface area (Å²) >= 11 is 0. The third kappa shape index (κ3) is 3.57. The van der Waals surface area contributed by atoms with Gasteiger partial charge in [-0.3, -0.25) is 9.88 Å². The molecule has 1 aliphatic rings. The number of nitrogens with zero attached hydrogens (tertiary/aromatic N) is 5. The van der Waals surface area contributed by atoms with Crippen LogP contribution in [0.4, 0.5) is 10.2 Å². The molecule has 0 radical (unpaired) electrons. The third-order valence-electron chi connectivity index (χ3n) is 4.20. The molecule has 0 amide bonds. The Hall–Kier alpha value is -2.08. The van der Waals surface area contributed by atoms with Crippen LogP contribution in [-0.4, -0.2) is 46.0 Å². The summed E-state index contributed by atoms with van der Waals surface area (Å²) in [4.78, 5) is 16.7. The van der Waals surface area contributed by atoms with Crippen LogP contribution >= 0.6 is 0 Å². The van der Waals surface area contributed by atoms with Crippen molar-refractivity contribution in [3.63, 3.8) is 0 Å². The molecule has 2 aromatic heterocycles. The second kappa shape index (κ2) is 6.79. The average Bonchev–Trinajstić information content (AvgIpc) is 2.56. The fourth-order valence-corrected chi connectivity index (χ4v) is 2.94. The molecule has 0 N–H and O–H groups in total. The summed E-state index contributed by atoms with van der Waals surface area (Å²) in [5.41, 5.74) is 0.933. The van der Waals surface area contributed by atoms with Crippen molar-refractivity contribution >= 4 is 5.82 Å². The smallest absolute Gasteiger partial charge is 0.141 e. The highest BCUT2D eigenvalue weighted by Crippen LogP contribution is 2.21. The highest BCUT2D eigenvalue weighted by atomic mass is 19.1. The first-order valence-electron chi connectivity index (χ1n) is 7.53. The zero-order chi connectivity index (χ0) is 15.4. The predicted octanol–water partition coefficient (Wildman–Crippen LogP) is 2.11. The molecule has 0 spiro atoms. The lowest BCUT2D eigenvalue weighted by Gasteiger charge is -2.37. The van der Waals surface area contributed by atoms with Crippen molar-refractivity contribution in [3.8, 4) is 0 Å². The zero-order valence-corrected chi connectivity index (χ0v) is 12.7. The van der Waals surface area contributed by atoms with Crippen molar-refractivity contribution in [2.24, 2.45) is 0 Å². The zero-order valence-electron chi connectivity index (χ0n) is 12.7. The van der Waals surface area contributed by atoms with Gasteiger partial charge < -0.3 is 4.90 Å². The van der Waals surface area contributed by atoms with Crippen molar-refractivity contribution in [1.29, 1.82) is 0 Å². The predicted molar refractivity (Wildman–Crippen MR) is 82.9 cm³/mol. The van der Waals surface area contributed by atoms with E-state index in [0.29, 0.717) is 6.04 Å². The Morgan fingerprint density at radius 1 is 1.27 bits per heavy atom. The molecule has 0 aromatic carbocycles. The van der Waals surface area contributed by atoms with E-state index in [-0.39, 0.29) is 5.82 Å². The second-order valence-electron chi connectivity index (χ2n) is 5.70. The number of piperidine rings is 1. The molecule has 2 aromatic rings. The topological polar surface area (TPSA) is 45.2 Å². The van der Waals surface area contributed by atoms with E-state index >= 15 is 0 Å². The van der Waals surface area contributed by atoms with Crippen LogP contribution in [0.2, 0.25) is 0 Å². The van der Waals surface area contributed by atoms with Gasteiger partial charge in [0.05, 0.1) is 6.20 Å². The molecular weight excluding hydrogens is 281 g/mol. The van der Waals surface area contributed by atoms with Crippen molar-refractivity contribution < 1.29 is 4.39 Å². The van der Waals surface area contributed by atoms with E-state index in [0.717, 1.165) is 43.9 Å². The lowest BCUT2D eigenvalue weighted by atomic mass is 10.0. The molecule has 1 saturated heterocycles. The Morgan fingerprint density at radius 2 is 2.09 bits per heavy atom. The molecule has 0 saturated carbocycles. The molecule has 6 heteroatoms. The molecule has 1 fully saturated rings. The number of hydrogen-bond donors (Lipinski definition) is 0. The highest BCUT2D eigenvalue weighted by molar-refractivity contribution is 5.36. The molecule has 5 nitrogen and oxygen atoms in total. The summed E-state index contributed by atoms with van der Waals surface area (Å²) in [6, 6.07) is 3.98. The van der Waals surface area contributed by atoms with Crippen molar-refractivity contribution in [2.75, 3.05) is 25.0 Å². The molecular formula is C16H20FN5. The minimum Gasteiger partial charge on any atom is -0.356 e. The van der Waals surface area contributed by atoms with E-state index in [1.165, 1.54) is 6.20 Å². The first-order chi connectivity index (χ1) is 10.7. The Morgan fingerprint density at radius 3 is 2.77 bits per heavy atom. The maximum atomic E-state index is 13.2. The number of anilines is 1. The van der Waals surface area contributed by atoms with E-state index in [2.05, 4.69) is 31.8 Å². The van der Waals surface area contributed by atoms with Crippen LogP contribution in [0.15, 0.2) is 37.1 Å². The Balaban J connectivity index is 1.54. The van der Waals surface area contributed by atoms with Gasteiger partial charge in [0.15, 0.2) is 0 Å². The fraction of sp³-hybridized carbons (Fsp3) is 0.438. The minimum absolute atomic E-state index is 0.268. The van der Waals surface area contributed by atoms with Gasteiger partial charge in [-0.25, -0.2) is 14.4 Å². The number of likely N-dealkylation sites (tertiary alicyclic amines) is 1. The third-order valence-corrected chi connectivity index (χ3v) is 4.20. The highest BCUT2D eigenvalue weighted by Gasteiger charge is 2.23. The Bertz CT molecular complexity index is 598. The first kappa shape index (κ1) is 14.8. The van der Waals surface area contributed by atoms with Crippen LogP contribution in [0.25, 0.3) is 0 Å². The van der Waals surface area contributed by atoms with Crippen LogP contribution in [0.3, 0.4) is 0 Å². The van der Waals surface area contributed by atoms with Gasteiger partial charge in [-0.15, -0.1) is 0 Å². The number of aromatic nitrogens is 3. The minimum atomic E-state index is -0.268. The van der Waals surface area contributed by atoms with E-state index in [1.807, 2.05) is 6.07 Å². The molecule has 1 aliphatic heterocycles. The Labute approximate surface area is 129 Å². The van der Waals surface area contributed by atoms with E-state index in [9.17, 15) is 4.39 Å². The van der Waals surface area contributed by atoms with Crippen molar-refractivity contribution in [3.05, 3.63) is 48.4 Å². The molecule has 3 heterocycles. The van der Waals surface area contributed by atoms with E-state index in [1.54, 1.807) is 24.8 Å². The number of hydrogen-bond acceptors (Lipinski definition) is 5. The summed E-state index contributed by atoms with van der Waals surface area (Å²) in [6.07, 6.45) is 8.48.